The van der Waals surface area contributed by atoms with E-state index in [1.54, 1.807) is 4.57 Å². The normalized spacial score (nSPS) is 26.4. The van der Waals surface area contributed by atoms with Crippen molar-refractivity contribution in [1.82, 2.24) is 19.5 Å². The Balaban J connectivity index is 2.09. The highest BCUT2D eigenvalue weighted by atomic mass is 16.5. The van der Waals surface area contributed by atoms with Gasteiger partial charge >= 0.3 is 0 Å². The largest absolute Gasteiger partial charge is 0.396 e. The molecule has 1 aliphatic heterocycles. The van der Waals surface area contributed by atoms with Gasteiger partial charge in [-0.1, -0.05) is 0 Å². The number of aliphatic hydroxyl groups is 2. The zero-order valence-electron chi connectivity index (χ0n) is 10.6. The van der Waals surface area contributed by atoms with Gasteiger partial charge in [-0.25, -0.2) is 4.98 Å². The van der Waals surface area contributed by atoms with Crippen LogP contribution in [0.4, 0.5) is 5.95 Å². The third-order valence-electron chi connectivity index (χ3n) is 3.65. The number of aromatic amines is 1. The lowest BCUT2D eigenvalue weighted by Crippen LogP contribution is -2.28. The first kappa shape index (κ1) is 13.0. The van der Waals surface area contributed by atoms with Crippen LogP contribution in [0.1, 0.15) is 6.04 Å². The lowest BCUT2D eigenvalue weighted by Gasteiger charge is -2.20. The number of aromatic nitrogens is 4. The van der Waals surface area contributed by atoms with Crippen molar-refractivity contribution in [2.24, 2.45) is 5.92 Å². The van der Waals surface area contributed by atoms with Gasteiger partial charge in [-0.05, 0) is 0 Å². The fraction of sp³-hybridized carbons (Fsp3) is 0.545. The minimum atomic E-state index is -0.443. The van der Waals surface area contributed by atoms with Gasteiger partial charge in [0.15, 0.2) is 11.2 Å². The Morgan fingerprint density at radius 1 is 1.50 bits per heavy atom. The molecule has 1 saturated heterocycles. The summed E-state index contributed by atoms with van der Waals surface area (Å²) in [5.41, 5.74) is 5.66. The number of anilines is 1. The van der Waals surface area contributed by atoms with Crippen LogP contribution >= 0.6 is 0 Å². The maximum atomic E-state index is 11.7. The first-order chi connectivity index (χ1) is 9.65. The summed E-state index contributed by atoms with van der Waals surface area (Å²) < 4.78 is 7.11. The number of nitrogens with one attached hydrogen (secondary N) is 1. The molecule has 0 spiro atoms. The van der Waals surface area contributed by atoms with Crippen LogP contribution in [0.25, 0.3) is 11.2 Å². The van der Waals surface area contributed by atoms with Gasteiger partial charge in [0, 0.05) is 5.92 Å². The monoisotopic (exact) mass is 281 g/mol. The quantitative estimate of drug-likeness (QED) is 0.522. The predicted octanol–water partition coefficient (Wildman–Crippen LogP) is -1.76. The lowest BCUT2D eigenvalue weighted by molar-refractivity contribution is 0.0268. The van der Waals surface area contributed by atoms with Crippen LogP contribution in [0.5, 0.6) is 0 Å². The Hall–Kier alpha value is -1.97. The number of hydrogen-bond acceptors (Lipinski definition) is 7. The van der Waals surface area contributed by atoms with Crippen molar-refractivity contribution < 1.29 is 14.9 Å². The van der Waals surface area contributed by atoms with Crippen molar-refractivity contribution in [2.75, 3.05) is 25.6 Å². The maximum Gasteiger partial charge on any atom is 0.280 e. The van der Waals surface area contributed by atoms with E-state index in [1.165, 1.54) is 6.33 Å². The Morgan fingerprint density at radius 2 is 2.30 bits per heavy atom. The molecule has 0 aromatic carbocycles. The van der Waals surface area contributed by atoms with Crippen LogP contribution in [0.15, 0.2) is 11.1 Å². The number of nitrogens with zero attached hydrogens (tertiary/aromatic N) is 3. The number of hydrogen-bond donors (Lipinski definition) is 4. The highest BCUT2D eigenvalue weighted by molar-refractivity contribution is 5.70. The first-order valence-corrected chi connectivity index (χ1v) is 6.21. The van der Waals surface area contributed by atoms with Crippen molar-refractivity contribution in [1.29, 1.82) is 0 Å². The molecule has 20 heavy (non-hydrogen) atoms. The van der Waals surface area contributed by atoms with Crippen molar-refractivity contribution in [2.45, 2.75) is 12.1 Å². The number of rotatable bonds is 3. The van der Waals surface area contributed by atoms with Gasteiger partial charge in [0.25, 0.3) is 5.56 Å². The number of ether oxygens (including phenoxy) is 1. The van der Waals surface area contributed by atoms with Crippen LogP contribution < -0.4 is 11.3 Å². The van der Waals surface area contributed by atoms with E-state index < -0.39 is 11.7 Å². The smallest absolute Gasteiger partial charge is 0.280 e. The van der Waals surface area contributed by atoms with Gasteiger partial charge in [0.2, 0.25) is 5.95 Å². The van der Waals surface area contributed by atoms with E-state index in [9.17, 15) is 15.0 Å². The molecule has 0 unspecified atom stereocenters. The minimum absolute atomic E-state index is 0.00224. The van der Waals surface area contributed by atoms with E-state index in [4.69, 9.17) is 10.5 Å². The number of fused-ring (bicyclic) bond motifs is 1. The van der Waals surface area contributed by atoms with E-state index in [0.717, 1.165) is 0 Å². The molecular weight excluding hydrogens is 266 g/mol. The fourth-order valence-electron chi connectivity index (χ4n) is 2.62. The predicted molar refractivity (Wildman–Crippen MR) is 69.0 cm³/mol. The third kappa shape index (κ3) is 1.87. The van der Waals surface area contributed by atoms with Gasteiger partial charge < -0.3 is 25.3 Å². The molecular formula is C11H15N5O4. The van der Waals surface area contributed by atoms with E-state index in [1.807, 2.05) is 0 Å². The molecule has 0 radical (unpaired) electrons. The SMILES string of the molecule is Nc1nc2c(ncn2[C@H]2CO[C@@H](CO)[C@H]2CO)c(=O)[nH]1. The molecule has 0 bridgehead atoms. The molecule has 1 aliphatic rings. The highest BCUT2D eigenvalue weighted by Gasteiger charge is 2.38. The second kappa shape index (κ2) is 4.85. The van der Waals surface area contributed by atoms with Crippen molar-refractivity contribution in [3.05, 3.63) is 16.7 Å². The molecule has 9 nitrogen and oxygen atoms in total. The maximum absolute atomic E-state index is 11.7. The average molecular weight is 281 g/mol. The van der Waals surface area contributed by atoms with E-state index in [2.05, 4.69) is 15.0 Å². The molecule has 3 atom stereocenters. The zero-order chi connectivity index (χ0) is 14.3. The van der Waals surface area contributed by atoms with Crippen LogP contribution in [0, 0.1) is 5.92 Å². The fourth-order valence-corrected chi connectivity index (χ4v) is 2.62. The van der Waals surface area contributed by atoms with E-state index in [-0.39, 0.29) is 36.6 Å². The summed E-state index contributed by atoms with van der Waals surface area (Å²) in [7, 11) is 0. The van der Waals surface area contributed by atoms with Crippen molar-refractivity contribution in [3.8, 4) is 0 Å². The number of aliphatic hydroxyl groups excluding tert-OH is 2. The number of H-pyrrole nitrogens is 1. The summed E-state index contributed by atoms with van der Waals surface area (Å²) in [5.74, 6) is -0.290. The van der Waals surface area contributed by atoms with E-state index >= 15 is 0 Å². The van der Waals surface area contributed by atoms with Gasteiger partial charge in [0.05, 0.1) is 38.3 Å². The standard InChI is InChI=1S/C11H15N5O4/c12-11-14-9-8(10(19)15-11)13-4-16(9)6-3-20-7(2-18)5(6)1-17/h4-7,17-18H,1-3H2,(H3,12,14,15,19)/t5-,6-,7-/m0/s1. The number of nitrogens with two attached hydrogens (primary N) is 1. The molecule has 1 fully saturated rings. The Morgan fingerprint density at radius 3 is 3.00 bits per heavy atom. The molecule has 3 heterocycles. The Kier molecular flexibility index (Phi) is 3.16. The van der Waals surface area contributed by atoms with E-state index in [0.29, 0.717) is 12.3 Å². The van der Waals surface area contributed by atoms with Gasteiger partial charge in [-0.15, -0.1) is 0 Å². The minimum Gasteiger partial charge on any atom is -0.396 e. The second-order valence-electron chi connectivity index (χ2n) is 4.74. The number of nitrogen functional groups attached to an aromatic ring is 1. The summed E-state index contributed by atoms with van der Waals surface area (Å²) in [6.45, 7) is -0.0188. The lowest BCUT2D eigenvalue weighted by atomic mass is 9.98. The topological polar surface area (TPSA) is 139 Å². The van der Waals surface area contributed by atoms with Crippen molar-refractivity contribution >= 4 is 17.1 Å². The van der Waals surface area contributed by atoms with Crippen LogP contribution in [-0.2, 0) is 4.74 Å². The molecule has 108 valence electrons. The molecule has 0 amide bonds. The average Bonchev–Trinajstić information content (AvgIpc) is 3.00. The zero-order valence-corrected chi connectivity index (χ0v) is 10.6. The molecule has 2 aromatic heterocycles. The molecule has 2 aromatic rings. The molecule has 0 saturated carbocycles. The molecule has 0 aliphatic carbocycles. The first-order valence-electron chi connectivity index (χ1n) is 6.21. The summed E-state index contributed by atoms with van der Waals surface area (Å²) in [4.78, 5) is 22.2. The van der Waals surface area contributed by atoms with Crippen molar-refractivity contribution in [3.63, 3.8) is 0 Å². The molecule has 5 N–H and O–H groups in total. The van der Waals surface area contributed by atoms with Gasteiger partial charge in [-0.2, -0.15) is 4.98 Å². The van der Waals surface area contributed by atoms with Crippen LogP contribution in [0.2, 0.25) is 0 Å². The summed E-state index contributed by atoms with van der Waals surface area (Å²) >= 11 is 0. The molecule has 9 heteroatoms. The summed E-state index contributed by atoms with van der Waals surface area (Å²) in [5, 5.41) is 18.7. The second-order valence-corrected chi connectivity index (χ2v) is 4.74. The van der Waals surface area contributed by atoms with Crippen LogP contribution in [0.3, 0.4) is 0 Å². The Labute approximate surface area is 113 Å². The van der Waals surface area contributed by atoms with Gasteiger partial charge in [-0.3, -0.25) is 9.78 Å². The Bertz CT molecular complexity index is 681. The van der Waals surface area contributed by atoms with Crippen LogP contribution in [-0.4, -0.2) is 55.7 Å². The third-order valence-corrected chi connectivity index (χ3v) is 3.65. The summed E-state index contributed by atoms with van der Waals surface area (Å²) in [6, 6.07) is -0.254. The highest BCUT2D eigenvalue weighted by Crippen LogP contribution is 2.32. The van der Waals surface area contributed by atoms with Gasteiger partial charge in [0.1, 0.15) is 0 Å². The molecule has 3 rings (SSSR count). The number of imidazole rings is 1. The summed E-state index contributed by atoms with van der Waals surface area (Å²) in [6.07, 6.45) is 1.03.